The van der Waals surface area contributed by atoms with Crippen LogP contribution in [-0.2, 0) is 16.1 Å². The molecule has 2 aliphatic rings. The standard InChI is InChI=1S/C15H19N3O4/c19-13-5-7-17(10-12-4-2-8-22-12)15(21)18(13)9-11-3-1-6-16-14(11)20/h1,3,6,12H,2,4-5,7-10H2,(H,16,20). The summed E-state index contributed by atoms with van der Waals surface area (Å²) < 4.78 is 5.55. The van der Waals surface area contributed by atoms with Crippen molar-refractivity contribution < 1.29 is 14.3 Å². The zero-order chi connectivity index (χ0) is 15.5. The van der Waals surface area contributed by atoms with E-state index in [2.05, 4.69) is 4.98 Å². The molecule has 1 unspecified atom stereocenters. The molecule has 118 valence electrons. The Morgan fingerprint density at radius 2 is 2.18 bits per heavy atom. The minimum Gasteiger partial charge on any atom is -0.376 e. The predicted molar refractivity (Wildman–Crippen MR) is 78.2 cm³/mol. The number of aromatic amines is 1. The number of aromatic nitrogens is 1. The molecular weight excluding hydrogens is 286 g/mol. The summed E-state index contributed by atoms with van der Waals surface area (Å²) in [4.78, 5) is 41.6. The van der Waals surface area contributed by atoms with Crippen LogP contribution in [0.4, 0.5) is 4.79 Å². The van der Waals surface area contributed by atoms with Crippen LogP contribution in [0, 0.1) is 0 Å². The lowest BCUT2D eigenvalue weighted by Crippen LogP contribution is -2.53. The number of carbonyl (C=O) groups excluding carboxylic acids is 2. The molecule has 2 saturated heterocycles. The third kappa shape index (κ3) is 3.04. The highest BCUT2D eigenvalue weighted by Gasteiger charge is 2.34. The topological polar surface area (TPSA) is 82.7 Å². The Morgan fingerprint density at radius 3 is 2.91 bits per heavy atom. The summed E-state index contributed by atoms with van der Waals surface area (Å²) >= 11 is 0. The quantitative estimate of drug-likeness (QED) is 0.888. The fourth-order valence-corrected chi connectivity index (χ4v) is 2.85. The number of amides is 3. The summed E-state index contributed by atoms with van der Waals surface area (Å²) in [7, 11) is 0. The van der Waals surface area contributed by atoms with Gasteiger partial charge in [-0.25, -0.2) is 4.79 Å². The van der Waals surface area contributed by atoms with E-state index in [0.717, 1.165) is 24.3 Å². The first-order chi connectivity index (χ1) is 10.6. The second-order valence-corrected chi connectivity index (χ2v) is 5.62. The van der Waals surface area contributed by atoms with E-state index in [0.29, 0.717) is 18.7 Å². The van der Waals surface area contributed by atoms with Crippen molar-refractivity contribution in [3.63, 3.8) is 0 Å². The van der Waals surface area contributed by atoms with Crippen molar-refractivity contribution in [3.05, 3.63) is 34.2 Å². The summed E-state index contributed by atoms with van der Waals surface area (Å²) in [5.41, 5.74) is 0.127. The fourth-order valence-electron chi connectivity index (χ4n) is 2.85. The van der Waals surface area contributed by atoms with E-state index in [4.69, 9.17) is 4.74 Å². The molecule has 0 saturated carbocycles. The van der Waals surface area contributed by atoms with E-state index < -0.39 is 0 Å². The number of nitrogens with one attached hydrogen (secondary N) is 1. The second-order valence-electron chi connectivity index (χ2n) is 5.62. The molecule has 0 aliphatic carbocycles. The van der Waals surface area contributed by atoms with Gasteiger partial charge in [0.1, 0.15) is 0 Å². The molecule has 0 radical (unpaired) electrons. The molecule has 0 aromatic carbocycles. The monoisotopic (exact) mass is 305 g/mol. The highest BCUT2D eigenvalue weighted by molar-refractivity contribution is 5.96. The van der Waals surface area contributed by atoms with Crippen molar-refractivity contribution >= 4 is 11.9 Å². The zero-order valence-electron chi connectivity index (χ0n) is 12.3. The smallest absolute Gasteiger partial charge is 0.327 e. The molecule has 7 nitrogen and oxygen atoms in total. The molecule has 0 spiro atoms. The van der Waals surface area contributed by atoms with Crippen LogP contribution in [0.1, 0.15) is 24.8 Å². The Labute approximate surface area is 127 Å². The minimum atomic E-state index is -0.338. The third-order valence-electron chi connectivity index (χ3n) is 4.07. The number of urea groups is 1. The largest absolute Gasteiger partial charge is 0.376 e. The van der Waals surface area contributed by atoms with E-state index >= 15 is 0 Å². The minimum absolute atomic E-state index is 0.00979. The molecule has 1 aromatic heterocycles. The first kappa shape index (κ1) is 14.8. The van der Waals surface area contributed by atoms with Gasteiger partial charge in [-0.2, -0.15) is 0 Å². The number of ether oxygens (including phenoxy) is 1. The lowest BCUT2D eigenvalue weighted by molar-refractivity contribution is -0.131. The highest BCUT2D eigenvalue weighted by Crippen LogP contribution is 2.18. The summed E-state index contributed by atoms with van der Waals surface area (Å²) in [6.07, 6.45) is 3.81. The molecule has 3 amide bonds. The van der Waals surface area contributed by atoms with Crippen LogP contribution >= 0.6 is 0 Å². The van der Waals surface area contributed by atoms with Crippen LogP contribution in [0.15, 0.2) is 23.1 Å². The van der Waals surface area contributed by atoms with Crippen molar-refractivity contribution in [2.24, 2.45) is 0 Å². The summed E-state index contributed by atoms with van der Waals surface area (Å²) in [6, 6.07) is 2.97. The van der Waals surface area contributed by atoms with Gasteiger partial charge in [-0.3, -0.25) is 14.5 Å². The third-order valence-corrected chi connectivity index (χ3v) is 4.07. The van der Waals surface area contributed by atoms with E-state index in [1.807, 2.05) is 0 Å². The summed E-state index contributed by atoms with van der Waals surface area (Å²) in [5, 5.41) is 0. The van der Waals surface area contributed by atoms with Gasteiger partial charge in [0, 0.05) is 37.9 Å². The molecule has 1 atom stereocenters. The Morgan fingerprint density at radius 1 is 1.32 bits per heavy atom. The predicted octanol–water partition coefficient (Wildman–Crippen LogP) is 0.708. The van der Waals surface area contributed by atoms with Crippen LogP contribution in [-0.4, -0.2) is 52.5 Å². The molecule has 2 fully saturated rings. The maximum atomic E-state index is 12.5. The van der Waals surface area contributed by atoms with Gasteiger partial charge in [-0.15, -0.1) is 0 Å². The Kier molecular flexibility index (Phi) is 4.24. The van der Waals surface area contributed by atoms with Gasteiger partial charge in [0.15, 0.2) is 0 Å². The van der Waals surface area contributed by atoms with Crippen molar-refractivity contribution in [1.82, 2.24) is 14.8 Å². The molecular formula is C15H19N3O4. The fraction of sp³-hybridized carbons (Fsp3) is 0.533. The average molecular weight is 305 g/mol. The molecule has 3 heterocycles. The molecule has 3 rings (SSSR count). The number of carbonyl (C=O) groups is 2. The number of pyridine rings is 1. The number of nitrogens with zero attached hydrogens (tertiary/aromatic N) is 2. The number of rotatable bonds is 4. The zero-order valence-corrected chi connectivity index (χ0v) is 12.3. The van der Waals surface area contributed by atoms with Crippen molar-refractivity contribution in [3.8, 4) is 0 Å². The van der Waals surface area contributed by atoms with Crippen molar-refractivity contribution in [2.75, 3.05) is 19.7 Å². The van der Waals surface area contributed by atoms with Crippen LogP contribution in [0.2, 0.25) is 0 Å². The Balaban J connectivity index is 1.71. The Bertz CT molecular complexity index is 621. The van der Waals surface area contributed by atoms with Crippen LogP contribution in [0.3, 0.4) is 0 Å². The number of hydrogen-bond acceptors (Lipinski definition) is 4. The normalized spacial score (nSPS) is 22.5. The molecule has 1 N–H and O–H groups in total. The number of imide groups is 1. The molecule has 1 aromatic rings. The van der Waals surface area contributed by atoms with Crippen molar-refractivity contribution in [1.29, 1.82) is 0 Å². The summed E-state index contributed by atoms with van der Waals surface area (Å²) in [5.74, 6) is -0.239. The van der Waals surface area contributed by atoms with Crippen LogP contribution in [0.5, 0.6) is 0 Å². The van der Waals surface area contributed by atoms with Gasteiger partial charge in [-0.05, 0) is 18.9 Å². The van der Waals surface area contributed by atoms with Crippen LogP contribution in [0.25, 0.3) is 0 Å². The maximum absolute atomic E-state index is 12.5. The van der Waals surface area contributed by atoms with Gasteiger partial charge < -0.3 is 14.6 Å². The highest BCUT2D eigenvalue weighted by atomic mass is 16.5. The first-order valence-electron chi connectivity index (χ1n) is 7.52. The van der Waals surface area contributed by atoms with E-state index in [-0.39, 0.29) is 36.6 Å². The van der Waals surface area contributed by atoms with Crippen LogP contribution < -0.4 is 5.56 Å². The molecule has 2 aliphatic heterocycles. The SMILES string of the molecule is O=C1CCN(CC2CCCO2)C(=O)N1Cc1ccc[nH]c1=O. The molecule has 7 heteroatoms. The molecule has 0 bridgehead atoms. The van der Waals surface area contributed by atoms with Crippen molar-refractivity contribution in [2.45, 2.75) is 31.9 Å². The van der Waals surface area contributed by atoms with E-state index in [1.54, 1.807) is 17.0 Å². The number of hydrogen-bond donors (Lipinski definition) is 1. The summed E-state index contributed by atoms with van der Waals surface area (Å²) in [6.45, 7) is 1.66. The lowest BCUT2D eigenvalue weighted by Gasteiger charge is -2.35. The van der Waals surface area contributed by atoms with Gasteiger partial charge >= 0.3 is 6.03 Å². The number of H-pyrrole nitrogens is 1. The maximum Gasteiger partial charge on any atom is 0.327 e. The lowest BCUT2D eigenvalue weighted by atomic mass is 10.2. The van der Waals surface area contributed by atoms with E-state index in [1.165, 1.54) is 6.20 Å². The second kappa shape index (κ2) is 6.31. The van der Waals surface area contributed by atoms with Gasteiger partial charge in [0.25, 0.3) is 5.56 Å². The molecule has 22 heavy (non-hydrogen) atoms. The Hall–Kier alpha value is -2.15. The average Bonchev–Trinajstić information content (AvgIpc) is 3.01. The van der Waals surface area contributed by atoms with Gasteiger partial charge in [0.2, 0.25) is 5.91 Å². The first-order valence-corrected chi connectivity index (χ1v) is 7.52. The van der Waals surface area contributed by atoms with Gasteiger partial charge in [0.05, 0.1) is 12.6 Å². The van der Waals surface area contributed by atoms with Gasteiger partial charge in [-0.1, -0.05) is 6.07 Å². The van der Waals surface area contributed by atoms with E-state index in [9.17, 15) is 14.4 Å².